The van der Waals surface area contributed by atoms with Gasteiger partial charge in [0.25, 0.3) is 5.91 Å². The highest BCUT2D eigenvalue weighted by Crippen LogP contribution is 2.26. The number of hydrogen-bond donors (Lipinski definition) is 2. The van der Waals surface area contributed by atoms with Crippen molar-refractivity contribution < 1.29 is 14.6 Å². The smallest absolute Gasteiger partial charge is 0.251 e. The van der Waals surface area contributed by atoms with E-state index in [1.165, 1.54) is 13.2 Å². The van der Waals surface area contributed by atoms with Crippen molar-refractivity contribution in [2.24, 2.45) is 0 Å². The number of hydrogen-bond acceptors (Lipinski definition) is 4. The molecule has 1 rings (SSSR count). The zero-order valence-corrected chi connectivity index (χ0v) is 12.2. The highest BCUT2D eigenvalue weighted by atomic mass is 16.5. The van der Waals surface area contributed by atoms with Crippen molar-refractivity contribution in [3.8, 4) is 11.5 Å². The van der Waals surface area contributed by atoms with Gasteiger partial charge in [0.1, 0.15) is 0 Å². The second kappa shape index (κ2) is 5.93. The Bertz CT molecular complexity index is 456. The fourth-order valence-corrected chi connectivity index (χ4v) is 1.39. The number of nitrogens with one attached hydrogen (secondary N) is 1. The van der Waals surface area contributed by atoms with Gasteiger partial charge in [0.2, 0.25) is 0 Å². The number of aromatic hydroxyl groups is 1. The molecule has 0 atom stereocenters. The Morgan fingerprint density at radius 1 is 1.42 bits per heavy atom. The summed E-state index contributed by atoms with van der Waals surface area (Å²) in [6.45, 7) is 4.60. The van der Waals surface area contributed by atoms with Gasteiger partial charge in [-0.2, -0.15) is 0 Å². The molecule has 0 saturated heterocycles. The minimum atomic E-state index is -0.215. The van der Waals surface area contributed by atoms with Gasteiger partial charge in [-0.05, 0) is 46.1 Å². The number of phenols is 1. The quantitative estimate of drug-likeness (QED) is 0.847. The first-order chi connectivity index (χ1) is 8.77. The largest absolute Gasteiger partial charge is 0.504 e. The molecule has 1 aromatic rings. The number of methoxy groups -OCH3 is 1. The second-order valence-electron chi connectivity index (χ2n) is 5.28. The van der Waals surface area contributed by atoms with E-state index in [1.54, 1.807) is 12.1 Å². The second-order valence-corrected chi connectivity index (χ2v) is 5.28. The Balaban J connectivity index is 2.72. The van der Waals surface area contributed by atoms with Gasteiger partial charge in [-0.25, -0.2) is 0 Å². The van der Waals surface area contributed by atoms with Gasteiger partial charge in [0.15, 0.2) is 11.5 Å². The highest BCUT2D eigenvalue weighted by Gasteiger charge is 2.21. The zero-order chi connectivity index (χ0) is 14.6. The molecule has 0 aliphatic heterocycles. The summed E-state index contributed by atoms with van der Waals surface area (Å²) in [5.41, 5.74) is 0.275. The molecule has 0 heterocycles. The first kappa shape index (κ1) is 15.3. The molecule has 5 heteroatoms. The van der Waals surface area contributed by atoms with E-state index in [1.807, 2.05) is 32.8 Å². The van der Waals surface area contributed by atoms with E-state index in [9.17, 15) is 9.90 Å². The van der Waals surface area contributed by atoms with E-state index < -0.39 is 0 Å². The Labute approximate surface area is 114 Å². The van der Waals surface area contributed by atoms with Crippen molar-refractivity contribution >= 4 is 5.91 Å². The Hall–Kier alpha value is -1.75. The van der Waals surface area contributed by atoms with Gasteiger partial charge >= 0.3 is 0 Å². The third-order valence-electron chi connectivity index (χ3n) is 3.33. The molecule has 0 radical (unpaired) electrons. The standard InChI is InChI=1S/C14H22N2O3/c1-14(2,16(3)4)9-15-13(18)10-6-7-12(19-5)11(17)8-10/h6-8,17H,9H2,1-5H3,(H,15,18). The molecule has 2 N–H and O–H groups in total. The number of benzene rings is 1. The maximum Gasteiger partial charge on any atom is 0.251 e. The van der Waals surface area contributed by atoms with Crippen LogP contribution in [0.15, 0.2) is 18.2 Å². The SMILES string of the molecule is COc1ccc(C(=O)NCC(C)(C)N(C)C)cc1O. The minimum absolute atomic E-state index is 0.0398. The molecule has 5 nitrogen and oxygen atoms in total. The maximum atomic E-state index is 12.0. The molecular formula is C14H22N2O3. The fraction of sp³-hybridized carbons (Fsp3) is 0.500. The summed E-state index contributed by atoms with van der Waals surface area (Å²) in [4.78, 5) is 14.0. The number of rotatable bonds is 5. The molecule has 0 unspecified atom stereocenters. The third-order valence-corrected chi connectivity index (χ3v) is 3.33. The van der Waals surface area contributed by atoms with E-state index in [0.29, 0.717) is 17.9 Å². The lowest BCUT2D eigenvalue weighted by Gasteiger charge is -2.32. The summed E-state index contributed by atoms with van der Waals surface area (Å²) in [7, 11) is 5.39. The van der Waals surface area contributed by atoms with E-state index in [-0.39, 0.29) is 17.2 Å². The number of likely N-dealkylation sites (N-methyl/N-ethyl adjacent to an activating group) is 1. The van der Waals surface area contributed by atoms with E-state index in [4.69, 9.17) is 4.74 Å². The van der Waals surface area contributed by atoms with Crippen molar-refractivity contribution in [2.75, 3.05) is 27.7 Å². The van der Waals surface area contributed by atoms with Crippen LogP contribution in [0.1, 0.15) is 24.2 Å². The van der Waals surface area contributed by atoms with Crippen molar-refractivity contribution in [1.82, 2.24) is 10.2 Å². The Kier molecular flexibility index (Phi) is 4.78. The predicted octanol–water partition coefficient (Wildman–Crippen LogP) is 1.47. The lowest BCUT2D eigenvalue weighted by atomic mass is 10.0. The summed E-state index contributed by atoms with van der Waals surface area (Å²) in [5.74, 6) is 0.0973. The van der Waals surface area contributed by atoms with Gasteiger partial charge < -0.3 is 20.1 Å². The fourth-order valence-electron chi connectivity index (χ4n) is 1.39. The third kappa shape index (κ3) is 3.86. The number of carbonyl (C=O) groups is 1. The van der Waals surface area contributed by atoms with Crippen molar-refractivity contribution in [1.29, 1.82) is 0 Å². The van der Waals surface area contributed by atoms with Crippen molar-refractivity contribution in [3.05, 3.63) is 23.8 Å². The molecule has 0 aliphatic rings. The first-order valence-electron chi connectivity index (χ1n) is 6.10. The van der Waals surface area contributed by atoms with Crippen LogP contribution in [0.2, 0.25) is 0 Å². The molecule has 19 heavy (non-hydrogen) atoms. The number of ether oxygens (including phenoxy) is 1. The lowest BCUT2D eigenvalue weighted by molar-refractivity contribution is 0.0919. The van der Waals surface area contributed by atoms with Crippen LogP contribution in [-0.4, -0.2) is 49.2 Å². The summed E-state index contributed by atoms with van der Waals surface area (Å²) in [5, 5.41) is 12.5. The lowest BCUT2D eigenvalue weighted by Crippen LogP contribution is -2.48. The molecule has 0 saturated carbocycles. The summed E-state index contributed by atoms with van der Waals surface area (Å²) >= 11 is 0. The molecule has 0 bridgehead atoms. The molecule has 0 fully saturated rings. The number of amides is 1. The number of carbonyl (C=O) groups excluding carboxylic acids is 1. The van der Waals surface area contributed by atoms with Gasteiger partial charge in [-0.15, -0.1) is 0 Å². The van der Waals surface area contributed by atoms with Crippen LogP contribution in [0.25, 0.3) is 0 Å². The summed E-state index contributed by atoms with van der Waals surface area (Å²) in [6, 6.07) is 4.59. The van der Waals surface area contributed by atoms with Crippen LogP contribution < -0.4 is 10.1 Å². The first-order valence-corrected chi connectivity index (χ1v) is 6.10. The zero-order valence-electron chi connectivity index (χ0n) is 12.2. The van der Waals surface area contributed by atoms with Crippen LogP contribution in [0.3, 0.4) is 0 Å². The maximum absolute atomic E-state index is 12.0. The predicted molar refractivity (Wildman–Crippen MR) is 74.8 cm³/mol. The Morgan fingerprint density at radius 3 is 2.53 bits per heavy atom. The van der Waals surface area contributed by atoms with Crippen molar-refractivity contribution in [3.63, 3.8) is 0 Å². The van der Waals surface area contributed by atoms with Gasteiger partial charge in [0.05, 0.1) is 7.11 Å². The van der Waals surface area contributed by atoms with Gasteiger partial charge in [-0.3, -0.25) is 4.79 Å². The number of nitrogens with zero attached hydrogens (tertiary/aromatic N) is 1. The molecule has 0 spiro atoms. The molecule has 106 valence electrons. The molecule has 0 aliphatic carbocycles. The molecule has 1 aromatic carbocycles. The summed E-state index contributed by atoms with van der Waals surface area (Å²) in [6.07, 6.45) is 0. The molecule has 1 amide bonds. The van der Waals surface area contributed by atoms with Crippen LogP contribution >= 0.6 is 0 Å². The van der Waals surface area contributed by atoms with Gasteiger partial charge in [-0.1, -0.05) is 0 Å². The van der Waals surface area contributed by atoms with Crippen LogP contribution in [0.4, 0.5) is 0 Å². The van der Waals surface area contributed by atoms with Crippen LogP contribution in [0.5, 0.6) is 11.5 Å². The van der Waals surface area contributed by atoms with E-state index >= 15 is 0 Å². The average molecular weight is 266 g/mol. The summed E-state index contributed by atoms with van der Waals surface area (Å²) < 4.78 is 4.94. The minimum Gasteiger partial charge on any atom is -0.504 e. The molecule has 0 aromatic heterocycles. The van der Waals surface area contributed by atoms with Crippen molar-refractivity contribution in [2.45, 2.75) is 19.4 Å². The van der Waals surface area contributed by atoms with Gasteiger partial charge in [0, 0.05) is 17.6 Å². The number of phenolic OH excluding ortho intramolecular Hbond substituents is 1. The monoisotopic (exact) mass is 266 g/mol. The van der Waals surface area contributed by atoms with E-state index in [0.717, 1.165) is 0 Å². The van der Waals surface area contributed by atoms with Crippen LogP contribution in [0, 0.1) is 0 Å². The Morgan fingerprint density at radius 2 is 2.05 bits per heavy atom. The van der Waals surface area contributed by atoms with E-state index in [2.05, 4.69) is 5.32 Å². The topological polar surface area (TPSA) is 61.8 Å². The average Bonchev–Trinajstić information content (AvgIpc) is 2.35. The highest BCUT2D eigenvalue weighted by molar-refractivity contribution is 5.94. The molecular weight excluding hydrogens is 244 g/mol. The normalized spacial score (nSPS) is 11.5. The van der Waals surface area contributed by atoms with Crippen LogP contribution in [-0.2, 0) is 0 Å².